The van der Waals surface area contributed by atoms with Crippen LogP contribution < -0.4 is 10.6 Å². The van der Waals surface area contributed by atoms with Gasteiger partial charge in [0.05, 0.1) is 6.33 Å². The van der Waals surface area contributed by atoms with Gasteiger partial charge in [-0.15, -0.1) is 0 Å². The molecule has 21 heavy (non-hydrogen) atoms. The fourth-order valence-corrected chi connectivity index (χ4v) is 1.89. The van der Waals surface area contributed by atoms with Crippen LogP contribution in [0.2, 0.25) is 0 Å². The number of ketones is 1. The molecule has 6 heteroatoms. The highest BCUT2D eigenvalue weighted by Crippen LogP contribution is 2.09. The number of Topliss-reactive ketones (excluding diaryl/α,β-unsaturated/α-hetero) is 1. The number of nitrogens with one attached hydrogen (secondary N) is 2. The topological polar surface area (TPSA) is 76.0 Å². The number of amides is 2. The van der Waals surface area contributed by atoms with Crippen molar-refractivity contribution in [2.45, 2.75) is 13.3 Å². The first-order valence-electron chi connectivity index (χ1n) is 6.67. The number of imidazole rings is 1. The predicted octanol–water partition coefficient (Wildman–Crippen LogP) is 1.99. The summed E-state index contributed by atoms with van der Waals surface area (Å²) in [5.41, 5.74) is 2.33. The molecular formula is C15H18N4O2. The van der Waals surface area contributed by atoms with Gasteiger partial charge in [0.2, 0.25) is 0 Å². The summed E-state index contributed by atoms with van der Waals surface area (Å²) in [6.07, 6.45) is 4.22. The number of aromatic nitrogens is 2. The number of urea groups is 1. The first-order chi connectivity index (χ1) is 10.1. The van der Waals surface area contributed by atoms with Crippen molar-refractivity contribution in [1.29, 1.82) is 0 Å². The van der Waals surface area contributed by atoms with Crippen LogP contribution in [0.4, 0.5) is 10.5 Å². The van der Waals surface area contributed by atoms with Gasteiger partial charge < -0.3 is 15.2 Å². The van der Waals surface area contributed by atoms with Crippen molar-refractivity contribution in [3.63, 3.8) is 0 Å². The van der Waals surface area contributed by atoms with Gasteiger partial charge in [-0.05, 0) is 31.2 Å². The summed E-state index contributed by atoms with van der Waals surface area (Å²) in [5, 5.41) is 5.49. The number of hydrogen-bond acceptors (Lipinski definition) is 3. The largest absolute Gasteiger partial charge is 0.338 e. The van der Waals surface area contributed by atoms with Gasteiger partial charge in [0.15, 0.2) is 5.78 Å². The zero-order valence-corrected chi connectivity index (χ0v) is 12.1. The van der Waals surface area contributed by atoms with Crippen molar-refractivity contribution >= 4 is 17.5 Å². The molecule has 2 N–H and O–H groups in total. The second-order valence-corrected chi connectivity index (χ2v) is 4.76. The summed E-state index contributed by atoms with van der Waals surface area (Å²) >= 11 is 0. The molecule has 0 radical (unpaired) electrons. The SMILES string of the molecule is CC(=O)c1ccc(NC(=O)NCCc2cncn2C)cc1. The Balaban J connectivity index is 1.79. The van der Waals surface area contributed by atoms with Crippen molar-refractivity contribution in [1.82, 2.24) is 14.9 Å². The van der Waals surface area contributed by atoms with Crippen LogP contribution in [0.15, 0.2) is 36.8 Å². The molecule has 2 amide bonds. The van der Waals surface area contributed by atoms with Crippen LogP contribution in [0, 0.1) is 0 Å². The number of aryl methyl sites for hydroxylation is 1. The monoisotopic (exact) mass is 286 g/mol. The van der Waals surface area contributed by atoms with Crippen LogP contribution in [-0.2, 0) is 13.5 Å². The van der Waals surface area contributed by atoms with E-state index in [4.69, 9.17) is 0 Å². The number of carbonyl (C=O) groups is 2. The molecule has 2 aromatic rings. The summed E-state index contributed by atoms with van der Waals surface area (Å²) in [4.78, 5) is 26.9. The summed E-state index contributed by atoms with van der Waals surface area (Å²) < 4.78 is 1.92. The first-order valence-corrected chi connectivity index (χ1v) is 6.67. The molecule has 1 aromatic heterocycles. The normalized spacial score (nSPS) is 10.2. The zero-order valence-electron chi connectivity index (χ0n) is 12.1. The third-order valence-corrected chi connectivity index (χ3v) is 3.13. The summed E-state index contributed by atoms with van der Waals surface area (Å²) in [5.74, 6) is 0.00202. The lowest BCUT2D eigenvalue weighted by atomic mass is 10.1. The maximum atomic E-state index is 11.7. The number of anilines is 1. The van der Waals surface area contributed by atoms with E-state index in [0.717, 1.165) is 5.69 Å². The van der Waals surface area contributed by atoms with Gasteiger partial charge in [0.25, 0.3) is 0 Å². The Hall–Kier alpha value is -2.63. The number of rotatable bonds is 5. The summed E-state index contributed by atoms with van der Waals surface area (Å²) in [7, 11) is 1.92. The predicted molar refractivity (Wildman–Crippen MR) is 80.4 cm³/mol. The quantitative estimate of drug-likeness (QED) is 0.825. The Bertz CT molecular complexity index is 631. The lowest BCUT2D eigenvalue weighted by molar-refractivity contribution is 0.101. The number of carbonyl (C=O) groups excluding carboxylic acids is 2. The van der Waals surface area contributed by atoms with E-state index in [2.05, 4.69) is 15.6 Å². The Morgan fingerprint density at radius 3 is 2.52 bits per heavy atom. The molecule has 2 rings (SSSR count). The molecule has 0 bridgehead atoms. The van der Waals surface area contributed by atoms with Gasteiger partial charge >= 0.3 is 6.03 Å². The molecule has 6 nitrogen and oxygen atoms in total. The first kappa shape index (κ1) is 14.8. The minimum Gasteiger partial charge on any atom is -0.338 e. The molecule has 0 saturated carbocycles. The highest BCUT2D eigenvalue weighted by molar-refractivity contribution is 5.95. The van der Waals surface area contributed by atoms with Crippen LogP contribution in [-0.4, -0.2) is 27.9 Å². The van der Waals surface area contributed by atoms with Crippen molar-refractivity contribution in [2.24, 2.45) is 7.05 Å². The molecule has 1 heterocycles. The molecule has 0 aliphatic heterocycles. The molecule has 0 aliphatic carbocycles. The highest BCUT2D eigenvalue weighted by atomic mass is 16.2. The Morgan fingerprint density at radius 2 is 1.95 bits per heavy atom. The van der Waals surface area contributed by atoms with Crippen molar-refractivity contribution in [2.75, 3.05) is 11.9 Å². The van der Waals surface area contributed by atoms with Crippen molar-refractivity contribution in [3.05, 3.63) is 48.0 Å². The second-order valence-electron chi connectivity index (χ2n) is 4.76. The lowest BCUT2D eigenvalue weighted by Crippen LogP contribution is -2.30. The van der Waals surface area contributed by atoms with Crippen LogP contribution in [0.1, 0.15) is 23.0 Å². The molecule has 110 valence electrons. The molecule has 0 aliphatic rings. The van der Waals surface area contributed by atoms with Gasteiger partial charge in [-0.25, -0.2) is 9.78 Å². The molecule has 0 fully saturated rings. The Morgan fingerprint density at radius 1 is 1.24 bits per heavy atom. The standard InChI is InChI=1S/C15H18N4O2/c1-11(20)12-3-5-13(6-4-12)18-15(21)17-8-7-14-9-16-10-19(14)2/h3-6,9-10H,7-8H2,1-2H3,(H2,17,18,21). The van der Waals surface area contributed by atoms with Gasteiger partial charge in [0.1, 0.15) is 0 Å². The molecule has 0 atom stereocenters. The van der Waals surface area contributed by atoms with Crippen molar-refractivity contribution in [3.8, 4) is 0 Å². The van der Waals surface area contributed by atoms with E-state index in [9.17, 15) is 9.59 Å². The molecular weight excluding hydrogens is 268 g/mol. The van der Waals surface area contributed by atoms with Crippen LogP contribution in [0.3, 0.4) is 0 Å². The van der Waals surface area contributed by atoms with Crippen LogP contribution >= 0.6 is 0 Å². The maximum absolute atomic E-state index is 11.7. The second kappa shape index (κ2) is 6.69. The van der Waals surface area contributed by atoms with E-state index in [1.165, 1.54) is 6.92 Å². The zero-order chi connectivity index (χ0) is 15.2. The summed E-state index contributed by atoms with van der Waals surface area (Å²) in [6, 6.07) is 6.52. The minimum absolute atomic E-state index is 0.00202. The van der Waals surface area contributed by atoms with Crippen molar-refractivity contribution < 1.29 is 9.59 Å². The average molecular weight is 286 g/mol. The molecule has 0 saturated heterocycles. The Labute approximate surface area is 123 Å². The molecule has 1 aromatic carbocycles. The number of hydrogen-bond donors (Lipinski definition) is 2. The number of nitrogens with zero attached hydrogens (tertiary/aromatic N) is 2. The Kier molecular flexibility index (Phi) is 4.71. The molecule has 0 unspecified atom stereocenters. The van der Waals surface area contributed by atoms with Crippen LogP contribution in [0.5, 0.6) is 0 Å². The summed E-state index contributed by atoms with van der Waals surface area (Å²) in [6.45, 7) is 2.03. The van der Waals surface area contributed by atoms with E-state index >= 15 is 0 Å². The fourth-order valence-electron chi connectivity index (χ4n) is 1.89. The van der Waals surface area contributed by atoms with Gasteiger partial charge in [0, 0.05) is 43.2 Å². The smallest absolute Gasteiger partial charge is 0.319 e. The minimum atomic E-state index is -0.271. The average Bonchev–Trinajstić information content (AvgIpc) is 2.85. The molecule has 0 spiro atoms. The highest BCUT2D eigenvalue weighted by Gasteiger charge is 2.04. The third kappa shape index (κ3) is 4.17. The maximum Gasteiger partial charge on any atom is 0.319 e. The fraction of sp³-hybridized carbons (Fsp3) is 0.267. The third-order valence-electron chi connectivity index (χ3n) is 3.13. The lowest BCUT2D eigenvalue weighted by Gasteiger charge is -2.08. The number of benzene rings is 1. The van der Waals surface area contributed by atoms with Gasteiger partial charge in [-0.3, -0.25) is 4.79 Å². The van der Waals surface area contributed by atoms with E-state index in [-0.39, 0.29) is 11.8 Å². The van der Waals surface area contributed by atoms with Gasteiger partial charge in [-0.1, -0.05) is 0 Å². The van der Waals surface area contributed by atoms with E-state index in [1.54, 1.807) is 36.8 Å². The van der Waals surface area contributed by atoms with Gasteiger partial charge in [-0.2, -0.15) is 0 Å². The van der Waals surface area contributed by atoms with E-state index in [0.29, 0.717) is 24.2 Å². The van der Waals surface area contributed by atoms with E-state index < -0.39 is 0 Å². The van der Waals surface area contributed by atoms with Crippen LogP contribution in [0.25, 0.3) is 0 Å². The van der Waals surface area contributed by atoms with E-state index in [1.807, 2.05) is 11.6 Å².